The number of rotatable bonds is 7. The van der Waals surface area contributed by atoms with E-state index in [9.17, 15) is 14.4 Å². The summed E-state index contributed by atoms with van der Waals surface area (Å²) in [6.45, 7) is 2.39. The standard InChI is InChI=1S/C26H30N2O4/c1-2-32-26(31)23-22(24(29)27-17-16-18-10-4-3-5-11-18)20-14-8-9-15-21(20)25(30)28(23)19-12-6-7-13-19/h3-5,8-11,14-15,19,22-23H,2,6-7,12-13,16-17H2,1H3,(H,27,29)/t22-,23-/m1/s1. The van der Waals surface area contributed by atoms with Crippen LogP contribution in [-0.2, 0) is 20.7 Å². The first-order valence-electron chi connectivity index (χ1n) is 11.5. The van der Waals surface area contributed by atoms with Crippen molar-refractivity contribution in [1.29, 1.82) is 0 Å². The molecular weight excluding hydrogens is 404 g/mol. The predicted octanol–water partition coefficient (Wildman–Crippen LogP) is 3.46. The van der Waals surface area contributed by atoms with Crippen LogP contribution in [0.4, 0.5) is 0 Å². The maximum absolute atomic E-state index is 13.5. The fourth-order valence-corrected chi connectivity index (χ4v) is 4.98. The second kappa shape index (κ2) is 9.98. The largest absolute Gasteiger partial charge is 0.464 e. The molecule has 1 fully saturated rings. The Morgan fingerprint density at radius 3 is 2.44 bits per heavy atom. The van der Waals surface area contributed by atoms with Crippen molar-refractivity contribution >= 4 is 17.8 Å². The lowest BCUT2D eigenvalue weighted by Gasteiger charge is -2.43. The van der Waals surface area contributed by atoms with Gasteiger partial charge >= 0.3 is 5.97 Å². The molecule has 0 aromatic heterocycles. The van der Waals surface area contributed by atoms with E-state index >= 15 is 0 Å². The van der Waals surface area contributed by atoms with Crippen molar-refractivity contribution in [3.05, 3.63) is 71.3 Å². The van der Waals surface area contributed by atoms with Crippen LogP contribution in [0, 0.1) is 0 Å². The first-order valence-corrected chi connectivity index (χ1v) is 11.5. The number of hydrogen-bond acceptors (Lipinski definition) is 4. The van der Waals surface area contributed by atoms with E-state index in [1.54, 1.807) is 30.0 Å². The van der Waals surface area contributed by atoms with Crippen molar-refractivity contribution in [3.63, 3.8) is 0 Å². The number of benzene rings is 2. The van der Waals surface area contributed by atoms with Crippen LogP contribution >= 0.6 is 0 Å². The van der Waals surface area contributed by atoms with Crippen LogP contribution in [0.2, 0.25) is 0 Å². The Hall–Kier alpha value is -3.15. The van der Waals surface area contributed by atoms with E-state index in [0.717, 1.165) is 31.2 Å². The van der Waals surface area contributed by atoms with E-state index < -0.39 is 17.9 Å². The molecule has 168 valence electrons. The molecule has 1 saturated carbocycles. The number of hydrogen-bond donors (Lipinski definition) is 1. The zero-order valence-corrected chi connectivity index (χ0v) is 18.5. The number of amides is 2. The molecule has 2 aromatic rings. The Balaban J connectivity index is 1.65. The van der Waals surface area contributed by atoms with Crippen molar-refractivity contribution in [2.24, 2.45) is 0 Å². The summed E-state index contributed by atoms with van der Waals surface area (Å²) >= 11 is 0. The van der Waals surface area contributed by atoms with E-state index in [1.165, 1.54) is 0 Å². The number of fused-ring (bicyclic) bond motifs is 1. The van der Waals surface area contributed by atoms with E-state index in [1.807, 2.05) is 36.4 Å². The van der Waals surface area contributed by atoms with Gasteiger partial charge in [0.15, 0.2) is 0 Å². The van der Waals surface area contributed by atoms with E-state index in [-0.39, 0.29) is 24.5 Å². The first kappa shape index (κ1) is 22.1. The third kappa shape index (κ3) is 4.40. The highest BCUT2D eigenvalue weighted by Gasteiger charge is 2.50. The van der Waals surface area contributed by atoms with Gasteiger partial charge in [-0.05, 0) is 43.4 Å². The lowest BCUT2D eigenvalue weighted by molar-refractivity contribution is -0.152. The van der Waals surface area contributed by atoms with Gasteiger partial charge in [0.1, 0.15) is 6.04 Å². The fourth-order valence-electron chi connectivity index (χ4n) is 4.98. The molecule has 2 aromatic carbocycles. The second-order valence-electron chi connectivity index (χ2n) is 8.44. The zero-order valence-electron chi connectivity index (χ0n) is 18.5. The van der Waals surface area contributed by atoms with Crippen LogP contribution < -0.4 is 5.32 Å². The van der Waals surface area contributed by atoms with Crippen LogP contribution in [0.25, 0.3) is 0 Å². The van der Waals surface area contributed by atoms with Crippen molar-refractivity contribution in [2.45, 2.75) is 57.0 Å². The maximum atomic E-state index is 13.5. The molecule has 1 N–H and O–H groups in total. The molecule has 0 bridgehead atoms. The molecule has 4 rings (SSSR count). The van der Waals surface area contributed by atoms with Gasteiger partial charge in [-0.2, -0.15) is 0 Å². The van der Waals surface area contributed by atoms with E-state index in [4.69, 9.17) is 4.74 Å². The summed E-state index contributed by atoms with van der Waals surface area (Å²) < 4.78 is 5.38. The van der Waals surface area contributed by atoms with Crippen molar-refractivity contribution < 1.29 is 19.1 Å². The van der Waals surface area contributed by atoms with Gasteiger partial charge in [0.2, 0.25) is 5.91 Å². The highest BCUT2D eigenvalue weighted by atomic mass is 16.5. The summed E-state index contributed by atoms with van der Waals surface area (Å²) in [6, 6.07) is 16.1. The quantitative estimate of drug-likeness (QED) is 0.677. The van der Waals surface area contributed by atoms with Gasteiger partial charge in [-0.15, -0.1) is 0 Å². The second-order valence-corrected chi connectivity index (χ2v) is 8.44. The Kier molecular flexibility index (Phi) is 6.88. The molecule has 0 radical (unpaired) electrons. The molecule has 6 nitrogen and oxygen atoms in total. The van der Waals surface area contributed by atoms with Crippen molar-refractivity contribution in [3.8, 4) is 0 Å². The van der Waals surface area contributed by atoms with Gasteiger partial charge in [-0.25, -0.2) is 4.79 Å². The Labute approximate surface area is 188 Å². The molecular formula is C26H30N2O4. The summed E-state index contributed by atoms with van der Waals surface area (Å²) in [4.78, 5) is 41.7. The SMILES string of the molecule is CCOC(=O)[C@H]1[C@H](C(=O)NCCc2ccccc2)c2ccccc2C(=O)N1C1CCCC1. The molecule has 32 heavy (non-hydrogen) atoms. The average Bonchev–Trinajstić information content (AvgIpc) is 3.34. The number of carbonyl (C=O) groups is 3. The normalized spacial score (nSPS) is 20.7. The Bertz CT molecular complexity index is 969. The monoisotopic (exact) mass is 434 g/mol. The smallest absolute Gasteiger partial charge is 0.330 e. The number of carbonyl (C=O) groups excluding carboxylic acids is 3. The highest BCUT2D eigenvalue weighted by Crippen LogP contribution is 2.38. The number of ether oxygens (including phenoxy) is 1. The number of nitrogens with zero attached hydrogens (tertiary/aromatic N) is 1. The molecule has 0 saturated heterocycles. The third-order valence-corrected chi connectivity index (χ3v) is 6.46. The molecule has 2 atom stereocenters. The van der Waals surface area contributed by atoms with E-state index in [0.29, 0.717) is 24.1 Å². The number of nitrogens with one attached hydrogen (secondary N) is 1. The van der Waals surface area contributed by atoms with Gasteiger partial charge in [0, 0.05) is 18.2 Å². The highest BCUT2D eigenvalue weighted by molar-refractivity contribution is 6.05. The Morgan fingerprint density at radius 1 is 1.03 bits per heavy atom. The summed E-state index contributed by atoms with van der Waals surface area (Å²) in [6.07, 6.45) is 4.40. The van der Waals surface area contributed by atoms with Crippen molar-refractivity contribution in [1.82, 2.24) is 10.2 Å². The average molecular weight is 435 g/mol. The minimum Gasteiger partial charge on any atom is -0.464 e. The van der Waals surface area contributed by atoms with Crippen molar-refractivity contribution in [2.75, 3.05) is 13.2 Å². The van der Waals surface area contributed by atoms with Gasteiger partial charge in [0.25, 0.3) is 5.91 Å². The maximum Gasteiger partial charge on any atom is 0.330 e. The number of esters is 1. The van der Waals surface area contributed by atoms with Crippen LogP contribution in [0.15, 0.2) is 54.6 Å². The summed E-state index contributed by atoms with van der Waals surface area (Å²) in [5, 5.41) is 3.01. The molecule has 1 aliphatic heterocycles. The lowest BCUT2D eigenvalue weighted by atomic mass is 9.81. The summed E-state index contributed by atoms with van der Waals surface area (Å²) in [7, 11) is 0. The van der Waals surface area contributed by atoms with Crippen LogP contribution in [0.3, 0.4) is 0 Å². The van der Waals surface area contributed by atoms with Crippen LogP contribution in [0.1, 0.15) is 60.0 Å². The first-order chi connectivity index (χ1) is 15.6. The predicted molar refractivity (Wildman–Crippen MR) is 121 cm³/mol. The molecule has 0 unspecified atom stereocenters. The molecule has 1 aliphatic carbocycles. The third-order valence-electron chi connectivity index (χ3n) is 6.46. The zero-order chi connectivity index (χ0) is 22.5. The van der Waals surface area contributed by atoms with E-state index in [2.05, 4.69) is 5.32 Å². The fraction of sp³-hybridized carbons (Fsp3) is 0.423. The van der Waals surface area contributed by atoms with Gasteiger partial charge in [-0.1, -0.05) is 61.4 Å². The topological polar surface area (TPSA) is 75.7 Å². The molecule has 2 amide bonds. The lowest BCUT2D eigenvalue weighted by Crippen LogP contribution is -2.59. The summed E-state index contributed by atoms with van der Waals surface area (Å²) in [5.74, 6) is -1.73. The van der Waals surface area contributed by atoms with Gasteiger partial charge in [-0.3, -0.25) is 9.59 Å². The summed E-state index contributed by atoms with van der Waals surface area (Å²) in [5.41, 5.74) is 2.23. The van der Waals surface area contributed by atoms with Crippen LogP contribution in [0.5, 0.6) is 0 Å². The minimum atomic E-state index is -0.947. The molecule has 6 heteroatoms. The Morgan fingerprint density at radius 2 is 1.72 bits per heavy atom. The van der Waals surface area contributed by atoms with Gasteiger partial charge in [0.05, 0.1) is 12.5 Å². The molecule has 0 spiro atoms. The molecule has 1 heterocycles. The molecule has 2 aliphatic rings. The minimum absolute atomic E-state index is 0.0510. The van der Waals surface area contributed by atoms with Gasteiger partial charge < -0.3 is 15.0 Å². The van der Waals surface area contributed by atoms with Crippen LogP contribution in [-0.4, -0.2) is 47.9 Å².